The molecule has 0 atom stereocenters. The summed E-state index contributed by atoms with van der Waals surface area (Å²) in [4.78, 5) is 11.6. The van der Waals surface area contributed by atoms with Crippen LogP contribution < -0.4 is 10.1 Å². The number of rotatable bonds is 5. The second kappa shape index (κ2) is 6.57. The van der Waals surface area contributed by atoms with E-state index in [0.29, 0.717) is 5.56 Å². The van der Waals surface area contributed by atoms with Crippen molar-refractivity contribution in [2.45, 2.75) is 6.54 Å². The molecule has 116 valence electrons. The van der Waals surface area contributed by atoms with Crippen molar-refractivity contribution in [2.24, 2.45) is 0 Å². The van der Waals surface area contributed by atoms with E-state index in [4.69, 9.17) is 9.84 Å². The molecule has 7 nitrogen and oxygen atoms in total. The van der Waals surface area contributed by atoms with Gasteiger partial charge in [-0.2, -0.15) is 0 Å². The fourth-order valence-electron chi connectivity index (χ4n) is 1.67. The predicted molar refractivity (Wildman–Crippen MR) is 76.9 cm³/mol. The molecule has 0 aliphatic heterocycles. The first-order valence-corrected chi connectivity index (χ1v) is 6.38. The van der Waals surface area contributed by atoms with Crippen LogP contribution in [-0.2, 0) is 11.3 Å². The number of carbonyl (C=O) groups excluding carboxylic acids is 1. The Bertz CT molecular complexity index is 628. The van der Waals surface area contributed by atoms with Gasteiger partial charge in [0.25, 0.3) is 5.91 Å². The van der Waals surface area contributed by atoms with E-state index in [1.54, 1.807) is 6.07 Å². The summed E-state index contributed by atoms with van der Waals surface area (Å²) in [5.41, 5.74) is 0.617. The third-order valence-corrected chi connectivity index (χ3v) is 2.85. The first-order valence-electron chi connectivity index (χ1n) is 6.38. The molecular formula is C15H15NO6. The average molecular weight is 305 g/mol. The minimum absolute atomic E-state index is 0.164. The third-order valence-electron chi connectivity index (χ3n) is 2.85. The Labute approximate surface area is 126 Å². The minimum atomic E-state index is -0.403. The lowest BCUT2D eigenvalue weighted by atomic mass is 10.2. The van der Waals surface area contributed by atoms with Crippen molar-refractivity contribution in [2.75, 3.05) is 6.61 Å². The highest BCUT2D eigenvalue weighted by molar-refractivity contribution is 5.77. The number of amides is 1. The number of benzene rings is 2. The summed E-state index contributed by atoms with van der Waals surface area (Å²) in [6.45, 7) is -0.106. The maximum atomic E-state index is 11.6. The molecule has 2 rings (SSSR count). The van der Waals surface area contributed by atoms with Gasteiger partial charge in [0.1, 0.15) is 5.75 Å². The molecule has 0 aromatic heterocycles. The Morgan fingerprint density at radius 2 is 1.55 bits per heavy atom. The molecule has 0 saturated heterocycles. The molecule has 0 spiro atoms. The number of hydrogen-bond donors (Lipinski definition) is 5. The van der Waals surface area contributed by atoms with Gasteiger partial charge in [-0.25, -0.2) is 0 Å². The van der Waals surface area contributed by atoms with E-state index in [9.17, 15) is 20.1 Å². The van der Waals surface area contributed by atoms with Crippen LogP contribution in [0.3, 0.4) is 0 Å². The van der Waals surface area contributed by atoms with E-state index in [1.165, 1.54) is 30.3 Å². The molecule has 0 bridgehead atoms. The number of hydrogen-bond acceptors (Lipinski definition) is 6. The molecule has 0 radical (unpaired) electrons. The quantitative estimate of drug-likeness (QED) is 0.530. The molecule has 22 heavy (non-hydrogen) atoms. The Kier molecular flexibility index (Phi) is 4.57. The lowest BCUT2D eigenvalue weighted by Crippen LogP contribution is -2.28. The largest absolute Gasteiger partial charge is 0.504 e. The normalized spacial score (nSPS) is 10.2. The maximum Gasteiger partial charge on any atom is 0.258 e. The third kappa shape index (κ3) is 3.95. The smallest absolute Gasteiger partial charge is 0.258 e. The van der Waals surface area contributed by atoms with Crippen LogP contribution in [0.2, 0.25) is 0 Å². The Morgan fingerprint density at radius 3 is 2.18 bits per heavy atom. The van der Waals surface area contributed by atoms with Gasteiger partial charge >= 0.3 is 0 Å². The molecule has 0 heterocycles. The van der Waals surface area contributed by atoms with Crippen molar-refractivity contribution in [3.05, 3.63) is 42.0 Å². The molecule has 0 saturated carbocycles. The lowest BCUT2D eigenvalue weighted by molar-refractivity contribution is -0.123. The van der Waals surface area contributed by atoms with Gasteiger partial charge in [0, 0.05) is 12.6 Å². The summed E-state index contributed by atoms with van der Waals surface area (Å²) in [5.74, 6) is -1.26. The maximum absolute atomic E-state index is 11.6. The SMILES string of the molecule is O=C(COc1ccc(O)c(O)c1)NCc1ccc(O)c(O)c1. The van der Waals surface area contributed by atoms with Gasteiger partial charge in [0.05, 0.1) is 0 Å². The summed E-state index contributed by atoms with van der Waals surface area (Å²) in [5, 5.41) is 39.5. The van der Waals surface area contributed by atoms with Gasteiger partial charge in [0.2, 0.25) is 0 Å². The molecule has 0 aliphatic rings. The zero-order valence-electron chi connectivity index (χ0n) is 11.5. The van der Waals surface area contributed by atoms with E-state index < -0.39 is 5.91 Å². The predicted octanol–water partition coefficient (Wildman–Crippen LogP) is 1.20. The van der Waals surface area contributed by atoms with Crippen molar-refractivity contribution < 1.29 is 30.0 Å². The van der Waals surface area contributed by atoms with Crippen molar-refractivity contribution in [3.63, 3.8) is 0 Å². The number of aromatic hydroxyl groups is 4. The fourth-order valence-corrected chi connectivity index (χ4v) is 1.67. The second-order valence-corrected chi connectivity index (χ2v) is 4.54. The molecule has 2 aromatic rings. The molecule has 1 amide bonds. The average Bonchev–Trinajstić information content (AvgIpc) is 2.49. The van der Waals surface area contributed by atoms with Crippen LogP contribution in [0.15, 0.2) is 36.4 Å². The van der Waals surface area contributed by atoms with E-state index in [-0.39, 0.29) is 41.9 Å². The lowest BCUT2D eigenvalue weighted by Gasteiger charge is -2.09. The molecule has 5 N–H and O–H groups in total. The van der Waals surface area contributed by atoms with Gasteiger partial charge < -0.3 is 30.5 Å². The molecule has 2 aromatic carbocycles. The van der Waals surface area contributed by atoms with Crippen LogP contribution in [-0.4, -0.2) is 32.9 Å². The van der Waals surface area contributed by atoms with Crippen molar-refractivity contribution in [1.29, 1.82) is 0 Å². The summed E-state index contributed by atoms with van der Waals surface area (Å²) in [7, 11) is 0. The van der Waals surface area contributed by atoms with Gasteiger partial charge in [-0.1, -0.05) is 6.07 Å². The van der Waals surface area contributed by atoms with Crippen molar-refractivity contribution in [3.8, 4) is 28.7 Å². The Hall–Kier alpha value is -3.09. The number of ether oxygens (including phenoxy) is 1. The van der Waals surface area contributed by atoms with Crippen LogP contribution in [0.5, 0.6) is 28.7 Å². The highest BCUT2D eigenvalue weighted by Crippen LogP contribution is 2.28. The van der Waals surface area contributed by atoms with Crippen LogP contribution in [0.25, 0.3) is 0 Å². The molecular weight excluding hydrogens is 290 g/mol. The fraction of sp³-hybridized carbons (Fsp3) is 0.133. The van der Waals surface area contributed by atoms with Gasteiger partial charge in [-0.05, 0) is 29.8 Å². The zero-order valence-corrected chi connectivity index (χ0v) is 11.5. The first-order chi connectivity index (χ1) is 10.5. The van der Waals surface area contributed by atoms with Crippen LogP contribution in [0, 0.1) is 0 Å². The molecule has 0 fully saturated rings. The number of phenols is 4. The van der Waals surface area contributed by atoms with Gasteiger partial charge in [0.15, 0.2) is 29.6 Å². The molecule has 0 unspecified atom stereocenters. The summed E-state index contributed by atoms with van der Waals surface area (Å²) in [6.07, 6.45) is 0. The Balaban J connectivity index is 1.82. The van der Waals surface area contributed by atoms with Gasteiger partial charge in [-0.3, -0.25) is 4.79 Å². The Morgan fingerprint density at radius 1 is 0.909 bits per heavy atom. The van der Waals surface area contributed by atoms with Crippen molar-refractivity contribution >= 4 is 5.91 Å². The summed E-state index contributed by atoms with van der Waals surface area (Å²) < 4.78 is 5.16. The minimum Gasteiger partial charge on any atom is -0.504 e. The topological polar surface area (TPSA) is 119 Å². The van der Waals surface area contributed by atoms with Gasteiger partial charge in [-0.15, -0.1) is 0 Å². The number of nitrogens with one attached hydrogen (secondary N) is 1. The van der Waals surface area contributed by atoms with Crippen LogP contribution >= 0.6 is 0 Å². The summed E-state index contributed by atoms with van der Waals surface area (Å²) >= 11 is 0. The standard InChI is InChI=1S/C15H15NO6/c17-11-3-1-9(5-13(11)19)7-16-15(21)8-22-10-2-4-12(18)14(20)6-10/h1-6,17-20H,7-8H2,(H,16,21). The second-order valence-electron chi connectivity index (χ2n) is 4.54. The number of phenolic OH excluding ortho intramolecular Hbond substituents is 4. The first kappa shape index (κ1) is 15.3. The number of carbonyl (C=O) groups is 1. The highest BCUT2D eigenvalue weighted by Gasteiger charge is 2.06. The molecule has 7 heteroatoms. The zero-order chi connectivity index (χ0) is 16.1. The van der Waals surface area contributed by atoms with E-state index >= 15 is 0 Å². The van der Waals surface area contributed by atoms with Crippen LogP contribution in [0.1, 0.15) is 5.56 Å². The monoisotopic (exact) mass is 305 g/mol. The molecule has 0 aliphatic carbocycles. The van der Waals surface area contributed by atoms with E-state index in [2.05, 4.69) is 5.32 Å². The van der Waals surface area contributed by atoms with Crippen LogP contribution in [0.4, 0.5) is 0 Å². The highest BCUT2D eigenvalue weighted by atomic mass is 16.5. The van der Waals surface area contributed by atoms with E-state index in [0.717, 1.165) is 0 Å². The summed E-state index contributed by atoms with van der Waals surface area (Å²) in [6, 6.07) is 8.10. The van der Waals surface area contributed by atoms with Crippen molar-refractivity contribution in [1.82, 2.24) is 5.32 Å². The van der Waals surface area contributed by atoms with E-state index in [1.807, 2.05) is 0 Å².